The first-order valence-electron chi connectivity index (χ1n) is 6.19. The molecule has 1 atom stereocenters. The number of hydrogen-bond donors (Lipinski definition) is 2. The molecular weight excluding hydrogens is 278 g/mol. The van der Waals surface area contributed by atoms with Crippen LogP contribution in [-0.4, -0.2) is 42.1 Å². The smallest absolute Gasteiger partial charge is 0.326 e. The predicted molar refractivity (Wildman–Crippen MR) is 79.0 cm³/mol. The third-order valence-electron chi connectivity index (χ3n) is 2.78. The first-order chi connectivity index (χ1) is 9.60. The highest BCUT2D eigenvalue weighted by molar-refractivity contribution is 7.98. The van der Waals surface area contributed by atoms with Gasteiger partial charge in [0, 0.05) is 12.7 Å². The van der Waals surface area contributed by atoms with Crippen LogP contribution in [0.3, 0.4) is 0 Å². The monoisotopic (exact) mass is 297 g/mol. The maximum atomic E-state index is 12.2. The van der Waals surface area contributed by atoms with Crippen LogP contribution in [0.4, 0.5) is 0 Å². The number of nitrogens with one attached hydrogen (secondary N) is 1. The number of methoxy groups -OCH3 is 1. The average Bonchev–Trinajstić information content (AvgIpc) is 2.43. The molecule has 0 bridgehead atoms. The van der Waals surface area contributed by atoms with Crippen LogP contribution in [0.5, 0.6) is 0 Å². The summed E-state index contributed by atoms with van der Waals surface area (Å²) in [6.07, 6.45) is 2.29. The molecule has 5 nitrogen and oxygen atoms in total. The predicted octanol–water partition coefficient (Wildman–Crippen LogP) is 1.77. The second-order valence-corrected chi connectivity index (χ2v) is 5.22. The largest absolute Gasteiger partial charge is 0.480 e. The van der Waals surface area contributed by atoms with Crippen LogP contribution in [0.2, 0.25) is 0 Å². The summed E-state index contributed by atoms with van der Waals surface area (Å²) in [7, 11) is 1.55. The van der Waals surface area contributed by atoms with Gasteiger partial charge in [-0.2, -0.15) is 11.8 Å². The molecule has 0 saturated carbocycles. The number of carbonyl (C=O) groups excluding carboxylic acids is 1. The summed E-state index contributed by atoms with van der Waals surface area (Å²) < 4.78 is 5.04. The van der Waals surface area contributed by atoms with E-state index in [2.05, 4.69) is 5.32 Å². The normalized spacial score (nSPS) is 11.9. The second kappa shape index (κ2) is 8.60. The SMILES string of the molecule is COCc1ccccc1C(=O)N[C@@H](CCSC)C(=O)O. The minimum atomic E-state index is -1.02. The average molecular weight is 297 g/mol. The van der Waals surface area contributed by atoms with Crippen molar-refractivity contribution in [2.45, 2.75) is 19.1 Å². The van der Waals surface area contributed by atoms with Crippen LogP contribution in [0.1, 0.15) is 22.3 Å². The van der Waals surface area contributed by atoms with Gasteiger partial charge in [0.05, 0.1) is 6.61 Å². The van der Waals surface area contributed by atoms with Crippen LogP contribution in [0.25, 0.3) is 0 Å². The van der Waals surface area contributed by atoms with E-state index in [9.17, 15) is 9.59 Å². The lowest BCUT2D eigenvalue weighted by molar-refractivity contribution is -0.139. The van der Waals surface area contributed by atoms with Crippen molar-refractivity contribution in [3.63, 3.8) is 0 Å². The molecule has 0 unspecified atom stereocenters. The van der Waals surface area contributed by atoms with E-state index in [0.717, 1.165) is 5.56 Å². The summed E-state index contributed by atoms with van der Waals surface area (Å²) in [4.78, 5) is 23.3. The van der Waals surface area contributed by atoms with E-state index >= 15 is 0 Å². The van der Waals surface area contributed by atoms with Gasteiger partial charge in [-0.05, 0) is 30.1 Å². The zero-order chi connectivity index (χ0) is 15.0. The molecule has 2 N–H and O–H groups in total. The van der Waals surface area contributed by atoms with Crippen LogP contribution < -0.4 is 5.32 Å². The molecule has 0 aliphatic heterocycles. The molecule has 0 radical (unpaired) electrons. The molecule has 0 heterocycles. The third-order valence-corrected chi connectivity index (χ3v) is 3.42. The highest BCUT2D eigenvalue weighted by atomic mass is 32.2. The number of carboxylic acid groups (broad SMARTS) is 1. The van der Waals surface area contributed by atoms with Crippen molar-refractivity contribution in [1.29, 1.82) is 0 Å². The first kappa shape index (κ1) is 16.5. The number of amides is 1. The zero-order valence-corrected chi connectivity index (χ0v) is 12.4. The fourth-order valence-electron chi connectivity index (χ4n) is 1.75. The molecular formula is C14H19NO4S. The summed E-state index contributed by atoms with van der Waals surface area (Å²) in [6.45, 7) is 0.312. The molecule has 0 fully saturated rings. The Hall–Kier alpha value is -1.53. The first-order valence-corrected chi connectivity index (χ1v) is 7.59. The number of thioether (sulfide) groups is 1. The van der Waals surface area contributed by atoms with Crippen molar-refractivity contribution < 1.29 is 19.4 Å². The molecule has 1 rings (SSSR count). The van der Waals surface area contributed by atoms with Gasteiger partial charge in [-0.25, -0.2) is 4.79 Å². The van der Waals surface area contributed by atoms with Gasteiger partial charge >= 0.3 is 5.97 Å². The van der Waals surface area contributed by atoms with E-state index in [-0.39, 0.29) is 5.91 Å². The molecule has 1 aromatic rings. The van der Waals surface area contributed by atoms with Gasteiger partial charge in [-0.3, -0.25) is 4.79 Å². The molecule has 0 aliphatic carbocycles. The van der Waals surface area contributed by atoms with E-state index in [0.29, 0.717) is 24.3 Å². The molecule has 0 saturated heterocycles. The molecule has 110 valence electrons. The summed E-state index contributed by atoms with van der Waals surface area (Å²) in [5, 5.41) is 11.7. The Morgan fingerprint density at radius 1 is 1.40 bits per heavy atom. The number of carbonyl (C=O) groups is 2. The van der Waals surface area contributed by atoms with E-state index < -0.39 is 12.0 Å². The quantitative estimate of drug-likeness (QED) is 0.765. The Morgan fingerprint density at radius 2 is 2.10 bits per heavy atom. The topological polar surface area (TPSA) is 75.6 Å². The van der Waals surface area contributed by atoms with Gasteiger partial charge in [0.1, 0.15) is 6.04 Å². The van der Waals surface area contributed by atoms with Crippen molar-refractivity contribution in [2.24, 2.45) is 0 Å². The lowest BCUT2D eigenvalue weighted by atomic mass is 10.1. The maximum absolute atomic E-state index is 12.2. The standard InChI is InChI=1S/C14H19NO4S/c1-19-9-10-5-3-4-6-11(10)13(16)15-12(14(17)18)7-8-20-2/h3-6,12H,7-9H2,1-2H3,(H,15,16)(H,17,18)/t12-/m0/s1. The van der Waals surface area contributed by atoms with E-state index in [4.69, 9.17) is 9.84 Å². The molecule has 0 aliphatic rings. The van der Waals surface area contributed by atoms with Crippen molar-refractivity contribution >= 4 is 23.6 Å². The Balaban J connectivity index is 2.80. The van der Waals surface area contributed by atoms with Crippen molar-refractivity contribution in [3.8, 4) is 0 Å². The van der Waals surface area contributed by atoms with Crippen LogP contribution in [0.15, 0.2) is 24.3 Å². The molecule has 0 aromatic heterocycles. The van der Waals surface area contributed by atoms with E-state index in [1.165, 1.54) is 0 Å². The highest BCUT2D eigenvalue weighted by Crippen LogP contribution is 2.11. The van der Waals surface area contributed by atoms with Crippen LogP contribution >= 0.6 is 11.8 Å². The van der Waals surface area contributed by atoms with Crippen LogP contribution in [0, 0.1) is 0 Å². The lowest BCUT2D eigenvalue weighted by Gasteiger charge is -2.15. The summed E-state index contributed by atoms with van der Waals surface area (Å²) in [5.74, 6) is -0.723. The van der Waals surface area contributed by atoms with Crippen molar-refractivity contribution in [3.05, 3.63) is 35.4 Å². The molecule has 0 spiro atoms. The Morgan fingerprint density at radius 3 is 2.70 bits per heavy atom. The fourth-order valence-corrected chi connectivity index (χ4v) is 2.22. The van der Waals surface area contributed by atoms with E-state index in [1.54, 1.807) is 37.1 Å². The maximum Gasteiger partial charge on any atom is 0.326 e. The van der Waals surface area contributed by atoms with Gasteiger partial charge < -0.3 is 15.2 Å². The number of benzene rings is 1. The number of hydrogen-bond acceptors (Lipinski definition) is 4. The summed E-state index contributed by atoms with van der Waals surface area (Å²) in [6, 6.07) is 6.14. The Labute approximate surface area is 122 Å². The molecule has 6 heteroatoms. The van der Waals surface area contributed by atoms with Crippen molar-refractivity contribution in [2.75, 3.05) is 19.1 Å². The third kappa shape index (κ3) is 4.86. The number of ether oxygens (including phenoxy) is 1. The van der Waals surface area contributed by atoms with Gasteiger partial charge in [0.25, 0.3) is 5.91 Å². The van der Waals surface area contributed by atoms with Gasteiger partial charge in [-0.1, -0.05) is 18.2 Å². The second-order valence-electron chi connectivity index (χ2n) is 4.24. The summed E-state index contributed by atoms with van der Waals surface area (Å²) >= 11 is 1.55. The minimum Gasteiger partial charge on any atom is -0.480 e. The van der Waals surface area contributed by atoms with Gasteiger partial charge in [-0.15, -0.1) is 0 Å². The Kier molecular flexibility index (Phi) is 7.11. The zero-order valence-electron chi connectivity index (χ0n) is 11.6. The summed E-state index contributed by atoms with van der Waals surface area (Å²) in [5.41, 5.74) is 1.19. The number of carboxylic acids is 1. The minimum absolute atomic E-state index is 0.312. The highest BCUT2D eigenvalue weighted by Gasteiger charge is 2.21. The fraction of sp³-hybridized carbons (Fsp3) is 0.429. The number of aliphatic carboxylic acids is 1. The molecule has 1 aromatic carbocycles. The number of rotatable bonds is 8. The molecule has 1 amide bonds. The van der Waals surface area contributed by atoms with Gasteiger partial charge in [0.2, 0.25) is 0 Å². The van der Waals surface area contributed by atoms with Crippen LogP contribution in [-0.2, 0) is 16.1 Å². The van der Waals surface area contributed by atoms with E-state index in [1.807, 2.05) is 12.3 Å². The Bertz CT molecular complexity index is 464. The van der Waals surface area contributed by atoms with Crippen molar-refractivity contribution in [1.82, 2.24) is 5.32 Å². The molecule has 20 heavy (non-hydrogen) atoms. The lowest BCUT2D eigenvalue weighted by Crippen LogP contribution is -2.41. The van der Waals surface area contributed by atoms with Gasteiger partial charge in [0.15, 0.2) is 0 Å².